The summed E-state index contributed by atoms with van der Waals surface area (Å²) in [5.74, 6) is -0.707. The molecule has 5 nitrogen and oxygen atoms in total. The molecular formula is C21H23N3O2. The molecule has 0 bridgehead atoms. The largest absolute Gasteiger partial charge is 0.378 e. The molecule has 2 amide bonds. The van der Waals surface area contributed by atoms with Gasteiger partial charge in [0, 0.05) is 31.9 Å². The first-order chi connectivity index (χ1) is 12.5. The summed E-state index contributed by atoms with van der Waals surface area (Å²) in [6.45, 7) is 3.90. The zero-order valence-corrected chi connectivity index (χ0v) is 15.0. The maximum atomic E-state index is 12.4. The zero-order valence-electron chi connectivity index (χ0n) is 15.0. The van der Waals surface area contributed by atoms with Crippen LogP contribution in [0.5, 0.6) is 0 Å². The highest BCUT2D eigenvalue weighted by Crippen LogP contribution is 2.14. The average molecular weight is 349 g/mol. The van der Waals surface area contributed by atoms with Crippen LogP contribution in [0.15, 0.2) is 72.9 Å². The molecule has 0 saturated heterocycles. The van der Waals surface area contributed by atoms with Gasteiger partial charge in [-0.15, -0.1) is 6.58 Å². The third-order valence-corrected chi connectivity index (χ3v) is 3.66. The molecule has 0 aromatic heterocycles. The Kier molecular flexibility index (Phi) is 6.74. The van der Waals surface area contributed by atoms with Gasteiger partial charge < -0.3 is 15.5 Å². The molecule has 134 valence electrons. The van der Waals surface area contributed by atoms with Crippen molar-refractivity contribution in [1.29, 1.82) is 0 Å². The number of anilines is 1. The van der Waals surface area contributed by atoms with Crippen LogP contribution < -0.4 is 15.5 Å². The number of amides is 2. The Labute approximate surface area is 154 Å². The fourth-order valence-electron chi connectivity index (χ4n) is 2.24. The van der Waals surface area contributed by atoms with Gasteiger partial charge in [-0.3, -0.25) is 9.59 Å². The van der Waals surface area contributed by atoms with Gasteiger partial charge in [0.25, 0.3) is 11.8 Å². The van der Waals surface area contributed by atoms with E-state index in [2.05, 4.69) is 17.2 Å². The van der Waals surface area contributed by atoms with E-state index < -0.39 is 0 Å². The Morgan fingerprint density at radius 2 is 1.69 bits per heavy atom. The van der Waals surface area contributed by atoms with Crippen molar-refractivity contribution >= 4 is 23.6 Å². The lowest BCUT2D eigenvalue weighted by atomic mass is 10.1. The van der Waals surface area contributed by atoms with Gasteiger partial charge in [-0.05, 0) is 35.9 Å². The summed E-state index contributed by atoms with van der Waals surface area (Å²) in [4.78, 5) is 26.8. The number of rotatable bonds is 7. The van der Waals surface area contributed by atoms with Crippen LogP contribution in [0.2, 0.25) is 0 Å². The van der Waals surface area contributed by atoms with Gasteiger partial charge in [0.05, 0.1) is 0 Å². The van der Waals surface area contributed by atoms with Crippen LogP contribution in [0.4, 0.5) is 5.69 Å². The van der Waals surface area contributed by atoms with Crippen LogP contribution in [-0.4, -0.2) is 32.5 Å². The summed E-state index contributed by atoms with van der Waals surface area (Å²) in [6, 6.07) is 16.5. The monoisotopic (exact) mass is 349 g/mol. The second-order valence-electron chi connectivity index (χ2n) is 5.86. The molecule has 0 aliphatic heterocycles. The summed E-state index contributed by atoms with van der Waals surface area (Å²) in [6.07, 6.45) is 3.24. The zero-order chi connectivity index (χ0) is 18.9. The van der Waals surface area contributed by atoms with E-state index in [9.17, 15) is 9.59 Å². The van der Waals surface area contributed by atoms with Gasteiger partial charge in [-0.25, -0.2) is 0 Å². The minimum absolute atomic E-state index is 0.179. The van der Waals surface area contributed by atoms with Crippen LogP contribution in [0.25, 0.3) is 6.08 Å². The molecular weight excluding hydrogens is 326 g/mol. The quantitative estimate of drug-likeness (QED) is 0.597. The molecule has 0 spiro atoms. The van der Waals surface area contributed by atoms with Crippen LogP contribution >= 0.6 is 0 Å². The van der Waals surface area contributed by atoms with E-state index in [4.69, 9.17) is 0 Å². The molecule has 0 atom stereocenters. The summed E-state index contributed by atoms with van der Waals surface area (Å²) >= 11 is 0. The van der Waals surface area contributed by atoms with Crippen LogP contribution in [-0.2, 0) is 4.79 Å². The number of hydrogen-bond donors (Lipinski definition) is 2. The van der Waals surface area contributed by atoms with Gasteiger partial charge in [-0.1, -0.05) is 36.4 Å². The first-order valence-corrected chi connectivity index (χ1v) is 8.26. The van der Waals surface area contributed by atoms with Crippen molar-refractivity contribution in [2.45, 2.75) is 0 Å². The van der Waals surface area contributed by atoms with E-state index in [1.807, 2.05) is 49.3 Å². The van der Waals surface area contributed by atoms with Crippen molar-refractivity contribution in [1.82, 2.24) is 10.6 Å². The molecule has 2 rings (SSSR count). The van der Waals surface area contributed by atoms with Crippen molar-refractivity contribution in [3.8, 4) is 0 Å². The minimum atomic E-state index is -0.370. The molecule has 26 heavy (non-hydrogen) atoms. The molecule has 0 aliphatic carbocycles. The molecule has 5 heteroatoms. The molecule has 2 aromatic carbocycles. The number of hydrogen-bond acceptors (Lipinski definition) is 3. The van der Waals surface area contributed by atoms with Gasteiger partial charge in [0.15, 0.2) is 0 Å². The Morgan fingerprint density at radius 3 is 2.27 bits per heavy atom. The second kappa shape index (κ2) is 9.22. The SMILES string of the molecule is C=CCNC(=O)C(=Cc1ccc(N(C)C)cc1)NC(=O)c1ccccc1. The number of carbonyl (C=O) groups is 2. The van der Waals surface area contributed by atoms with Crippen LogP contribution in [0, 0.1) is 0 Å². The maximum Gasteiger partial charge on any atom is 0.268 e. The average Bonchev–Trinajstić information content (AvgIpc) is 2.66. The lowest BCUT2D eigenvalue weighted by molar-refractivity contribution is -0.117. The van der Waals surface area contributed by atoms with Gasteiger partial charge in [0.2, 0.25) is 0 Å². The first kappa shape index (κ1) is 19.0. The number of benzene rings is 2. The van der Waals surface area contributed by atoms with E-state index in [1.165, 1.54) is 0 Å². The third kappa shape index (κ3) is 5.34. The Hall–Kier alpha value is -3.34. The van der Waals surface area contributed by atoms with Crippen molar-refractivity contribution < 1.29 is 9.59 Å². The smallest absolute Gasteiger partial charge is 0.268 e. The van der Waals surface area contributed by atoms with Gasteiger partial charge in [-0.2, -0.15) is 0 Å². The molecule has 2 aromatic rings. The van der Waals surface area contributed by atoms with E-state index >= 15 is 0 Å². The summed E-state index contributed by atoms with van der Waals surface area (Å²) in [5, 5.41) is 5.38. The lowest BCUT2D eigenvalue weighted by Crippen LogP contribution is -2.34. The van der Waals surface area contributed by atoms with E-state index in [0.717, 1.165) is 11.3 Å². The van der Waals surface area contributed by atoms with Crippen molar-refractivity contribution in [2.24, 2.45) is 0 Å². The van der Waals surface area contributed by atoms with Gasteiger partial charge in [0.1, 0.15) is 5.70 Å². The fraction of sp³-hybridized carbons (Fsp3) is 0.143. The Bertz CT molecular complexity index is 794. The number of nitrogens with zero attached hydrogens (tertiary/aromatic N) is 1. The normalized spacial score (nSPS) is 10.8. The second-order valence-corrected chi connectivity index (χ2v) is 5.86. The minimum Gasteiger partial charge on any atom is -0.378 e. The Balaban J connectivity index is 2.26. The standard InChI is InChI=1S/C21H23N3O2/c1-4-14-22-21(26)19(23-20(25)17-8-6-5-7-9-17)15-16-10-12-18(13-11-16)24(2)3/h4-13,15H,1,14H2,2-3H3,(H,22,26)(H,23,25). The van der Waals surface area contributed by atoms with E-state index in [1.54, 1.807) is 36.4 Å². The topological polar surface area (TPSA) is 61.4 Å². The summed E-state index contributed by atoms with van der Waals surface area (Å²) < 4.78 is 0. The van der Waals surface area contributed by atoms with Gasteiger partial charge >= 0.3 is 0 Å². The predicted molar refractivity (Wildman–Crippen MR) is 106 cm³/mol. The highest BCUT2D eigenvalue weighted by Gasteiger charge is 2.14. The molecule has 0 unspecified atom stereocenters. The first-order valence-electron chi connectivity index (χ1n) is 8.26. The van der Waals surface area contributed by atoms with E-state index in [0.29, 0.717) is 12.1 Å². The lowest BCUT2D eigenvalue weighted by Gasteiger charge is -2.13. The predicted octanol–water partition coefficient (Wildman–Crippen LogP) is 2.83. The molecule has 2 N–H and O–H groups in total. The van der Waals surface area contributed by atoms with Crippen LogP contribution in [0.3, 0.4) is 0 Å². The Morgan fingerprint density at radius 1 is 1.04 bits per heavy atom. The molecule has 0 radical (unpaired) electrons. The molecule has 0 fully saturated rings. The van der Waals surface area contributed by atoms with E-state index in [-0.39, 0.29) is 17.5 Å². The fourth-order valence-corrected chi connectivity index (χ4v) is 2.24. The number of nitrogens with one attached hydrogen (secondary N) is 2. The molecule has 0 aliphatic rings. The summed E-state index contributed by atoms with van der Waals surface area (Å²) in [5.41, 5.74) is 2.53. The van der Waals surface area contributed by atoms with Crippen molar-refractivity contribution in [3.05, 3.63) is 84.1 Å². The molecule has 0 heterocycles. The van der Waals surface area contributed by atoms with Crippen LogP contribution in [0.1, 0.15) is 15.9 Å². The van der Waals surface area contributed by atoms with Crippen molar-refractivity contribution in [3.63, 3.8) is 0 Å². The molecule has 0 saturated carbocycles. The third-order valence-electron chi connectivity index (χ3n) is 3.66. The number of carbonyl (C=O) groups excluding carboxylic acids is 2. The maximum absolute atomic E-state index is 12.4. The highest BCUT2D eigenvalue weighted by molar-refractivity contribution is 6.05. The van der Waals surface area contributed by atoms with Crippen molar-refractivity contribution in [2.75, 3.05) is 25.5 Å². The summed E-state index contributed by atoms with van der Waals surface area (Å²) in [7, 11) is 3.91. The highest BCUT2D eigenvalue weighted by atomic mass is 16.2.